The number of halogens is 1. The van der Waals surface area contributed by atoms with Crippen LogP contribution in [0.4, 0.5) is 9.52 Å². The third-order valence-corrected chi connectivity index (χ3v) is 4.81. The Labute approximate surface area is 159 Å². The van der Waals surface area contributed by atoms with E-state index in [-0.39, 0.29) is 11.7 Å². The summed E-state index contributed by atoms with van der Waals surface area (Å²) in [5, 5.41) is 4.96. The van der Waals surface area contributed by atoms with E-state index in [4.69, 9.17) is 0 Å². The molecule has 0 bridgehead atoms. The molecule has 2 aromatic carbocycles. The van der Waals surface area contributed by atoms with Crippen LogP contribution < -0.4 is 5.32 Å². The first-order valence-electron chi connectivity index (χ1n) is 8.26. The number of hydrogen-bond donors (Lipinski definition) is 1. The lowest BCUT2D eigenvalue weighted by Gasteiger charge is -2.09. The Hall–Kier alpha value is -3.32. The molecule has 0 aliphatic rings. The first-order chi connectivity index (χ1) is 13.2. The van der Waals surface area contributed by atoms with E-state index < -0.39 is 0 Å². The van der Waals surface area contributed by atoms with Gasteiger partial charge in [0.25, 0.3) is 5.91 Å². The fourth-order valence-corrected chi connectivity index (χ4v) is 3.45. The van der Waals surface area contributed by atoms with E-state index in [9.17, 15) is 9.18 Å². The lowest BCUT2D eigenvalue weighted by Crippen LogP contribution is -2.15. The van der Waals surface area contributed by atoms with Crippen molar-refractivity contribution in [2.24, 2.45) is 0 Å². The van der Waals surface area contributed by atoms with E-state index >= 15 is 0 Å². The van der Waals surface area contributed by atoms with Crippen molar-refractivity contribution < 1.29 is 9.18 Å². The number of amides is 1. The SMILES string of the molecule is O=C(Nc1nc(-c2ccccc2F)cs1)c1ccccc1Cn1ccnc1. The highest BCUT2D eigenvalue weighted by molar-refractivity contribution is 7.14. The van der Waals surface area contributed by atoms with Crippen LogP contribution in [0.3, 0.4) is 0 Å². The highest BCUT2D eigenvalue weighted by Crippen LogP contribution is 2.27. The van der Waals surface area contributed by atoms with Crippen LogP contribution in [-0.4, -0.2) is 20.4 Å². The number of imidazole rings is 1. The van der Waals surface area contributed by atoms with Gasteiger partial charge >= 0.3 is 0 Å². The molecule has 134 valence electrons. The van der Waals surface area contributed by atoms with Gasteiger partial charge in [-0.3, -0.25) is 10.1 Å². The van der Waals surface area contributed by atoms with Crippen LogP contribution in [-0.2, 0) is 6.54 Å². The summed E-state index contributed by atoms with van der Waals surface area (Å²) in [6.45, 7) is 0.544. The van der Waals surface area contributed by atoms with Crippen molar-refractivity contribution in [3.63, 3.8) is 0 Å². The third kappa shape index (κ3) is 3.78. The molecule has 27 heavy (non-hydrogen) atoms. The van der Waals surface area contributed by atoms with E-state index in [0.717, 1.165) is 5.56 Å². The summed E-state index contributed by atoms with van der Waals surface area (Å²) < 4.78 is 15.8. The van der Waals surface area contributed by atoms with Gasteiger partial charge in [-0.1, -0.05) is 30.3 Å². The molecule has 0 aliphatic heterocycles. The molecule has 4 aromatic rings. The largest absolute Gasteiger partial charge is 0.333 e. The Morgan fingerprint density at radius 2 is 1.96 bits per heavy atom. The maximum absolute atomic E-state index is 13.9. The quantitative estimate of drug-likeness (QED) is 0.558. The molecule has 0 saturated heterocycles. The van der Waals surface area contributed by atoms with E-state index in [1.165, 1.54) is 17.4 Å². The summed E-state index contributed by atoms with van der Waals surface area (Å²) in [7, 11) is 0. The normalized spacial score (nSPS) is 10.7. The zero-order chi connectivity index (χ0) is 18.6. The van der Waals surface area contributed by atoms with Crippen LogP contribution in [0, 0.1) is 5.82 Å². The number of carbonyl (C=O) groups is 1. The zero-order valence-electron chi connectivity index (χ0n) is 14.2. The van der Waals surface area contributed by atoms with Gasteiger partial charge in [0.15, 0.2) is 5.13 Å². The number of anilines is 1. The molecule has 0 aliphatic carbocycles. The van der Waals surface area contributed by atoms with Crippen molar-refractivity contribution in [1.82, 2.24) is 14.5 Å². The van der Waals surface area contributed by atoms with Gasteiger partial charge in [-0.2, -0.15) is 0 Å². The number of benzene rings is 2. The van der Waals surface area contributed by atoms with Gasteiger partial charge in [-0.05, 0) is 23.8 Å². The topological polar surface area (TPSA) is 59.8 Å². The fraction of sp³-hybridized carbons (Fsp3) is 0.0500. The Kier molecular flexibility index (Phi) is 4.76. The second-order valence-electron chi connectivity index (χ2n) is 5.86. The molecule has 0 spiro atoms. The molecular formula is C20H15FN4OS. The minimum Gasteiger partial charge on any atom is -0.333 e. The van der Waals surface area contributed by atoms with Gasteiger partial charge in [-0.25, -0.2) is 14.4 Å². The Morgan fingerprint density at radius 1 is 1.15 bits per heavy atom. The highest BCUT2D eigenvalue weighted by atomic mass is 32.1. The highest BCUT2D eigenvalue weighted by Gasteiger charge is 2.14. The van der Waals surface area contributed by atoms with Crippen molar-refractivity contribution in [1.29, 1.82) is 0 Å². The third-order valence-electron chi connectivity index (χ3n) is 4.05. The average molecular weight is 378 g/mol. The van der Waals surface area contributed by atoms with E-state index in [1.807, 2.05) is 29.0 Å². The number of nitrogens with one attached hydrogen (secondary N) is 1. The minimum absolute atomic E-state index is 0.250. The summed E-state index contributed by atoms with van der Waals surface area (Å²) in [5.74, 6) is -0.591. The number of thiazole rings is 1. The Morgan fingerprint density at radius 3 is 2.78 bits per heavy atom. The summed E-state index contributed by atoms with van der Waals surface area (Å²) >= 11 is 1.26. The van der Waals surface area contributed by atoms with Crippen LogP contribution >= 0.6 is 11.3 Å². The second-order valence-corrected chi connectivity index (χ2v) is 6.72. The maximum Gasteiger partial charge on any atom is 0.257 e. The van der Waals surface area contributed by atoms with E-state index in [0.29, 0.717) is 28.5 Å². The van der Waals surface area contributed by atoms with Gasteiger partial charge in [0.2, 0.25) is 0 Å². The van der Waals surface area contributed by atoms with Crippen LogP contribution in [0.15, 0.2) is 72.6 Å². The molecule has 5 nitrogen and oxygen atoms in total. The summed E-state index contributed by atoms with van der Waals surface area (Å²) in [6, 6.07) is 13.8. The van der Waals surface area contributed by atoms with Crippen molar-refractivity contribution >= 4 is 22.4 Å². The predicted octanol–water partition coefficient (Wildman–Crippen LogP) is 4.45. The molecular weight excluding hydrogens is 363 g/mol. The lowest BCUT2D eigenvalue weighted by atomic mass is 10.1. The molecule has 0 atom stereocenters. The standard InChI is InChI=1S/C20H15FN4OS/c21-17-8-4-3-7-16(17)18-12-27-20(23-18)24-19(26)15-6-2-1-5-14(15)11-25-10-9-22-13-25/h1-10,12-13H,11H2,(H,23,24,26). The van der Waals surface area contributed by atoms with Gasteiger partial charge in [0.1, 0.15) is 5.82 Å². The average Bonchev–Trinajstić information content (AvgIpc) is 3.35. The molecule has 4 rings (SSSR count). The van der Waals surface area contributed by atoms with Gasteiger partial charge in [0.05, 0.1) is 12.0 Å². The van der Waals surface area contributed by atoms with Crippen molar-refractivity contribution in [3.05, 3.63) is 89.6 Å². The molecule has 1 N–H and O–H groups in total. The second kappa shape index (κ2) is 7.51. The summed E-state index contributed by atoms with van der Waals surface area (Å²) in [5.41, 5.74) is 2.35. The first-order valence-corrected chi connectivity index (χ1v) is 9.14. The number of hydrogen-bond acceptors (Lipinski definition) is 4. The molecule has 0 unspecified atom stereocenters. The van der Waals surface area contributed by atoms with Gasteiger partial charge in [0, 0.05) is 35.4 Å². The van der Waals surface area contributed by atoms with Crippen molar-refractivity contribution in [2.45, 2.75) is 6.54 Å². The van der Waals surface area contributed by atoms with Crippen LogP contribution in [0.1, 0.15) is 15.9 Å². The number of nitrogens with zero attached hydrogens (tertiary/aromatic N) is 3. The number of carbonyl (C=O) groups excluding carboxylic acids is 1. The van der Waals surface area contributed by atoms with Crippen molar-refractivity contribution in [3.8, 4) is 11.3 Å². The molecule has 1 amide bonds. The Bertz CT molecular complexity index is 1080. The molecule has 0 radical (unpaired) electrons. The Balaban J connectivity index is 1.54. The monoisotopic (exact) mass is 378 g/mol. The van der Waals surface area contributed by atoms with Gasteiger partial charge < -0.3 is 4.57 Å². The lowest BCUT2D eigenvalue weighted by molar-refractivity contribution is 0.102. The summed E-state index contributed by atoms with van der Waals surface area (Å²) in [6.07, 6.45) is 5.24. The minimum atomic E-state index is -0.341. The molecule has 0 fully saturated rings. The number of aromatic nitrogens is 3. The molecule has 0 saturated carbocycles. The zero-order valence-corrected chi connectivity index (χ0v) is 15.0. The van der Waals surface area contributed by atoms with Crippen LogP contribution in [0.5, 0.6) is 0 Å². The van der Waals surface area contributed by atoms with Crippen molar-refractivity contribution in [2.75, 3.05) is 5.32 Å². The smallest absolute Gasteiger partial charge is 0.257 e. The van der Waals surface area contributed by atoms with E-state index in [2.05, 4.69) is 15.3 Å². The predicted molar refractivity (Wildman–Crippen MR) is 103 cm³/mol. The molecule has 2 aromatic heterocycles. The maximum atomic E-state index is 13.9. The van der Waals surface area contributed by atoms with Crippen LogP contribution in [0.2, 0.25) is 0 Å². The van der Waals surface area contributed by atoms with Gasteiger partial charge in [-0.15, -0.1) is 11.3 Å². The molecule has 2 heterocycles. The van der Waals surface area contributed by atoms with Crippen LogP contribution in [0.25, 0.3) is 11.3 Å². The summed E-state index contributed by atoms with van der Waals surface area (Å²) in [4.78, 5) is 21.1. The van der Waals surface area contributed by atoms with E-state index in [1.54, 1.807) is 42.2 Å². The first kappa shape index (κ1) is 17.1. The molecule has 7 heteroatoms. The fourth-order valence-electron chi connectivity index (χ4n) is 2.74. The number of rotatable bonds is 5.